The summed E-state index contributed by atoms with van der Waals surface area (Å²) in [6.07, 6.45) is 2.85. The van der Waals surface area contributed by atoms with E-state index in [0.717, 1.165) is 5.56 Å². The van der Waals surface area contributed by atoms with Crippen molar-refractivity contribution in [2.24, 2.45) is 0 Å². The molecule has 7 nitrogen and oxygen atoms in total. The fourth-order valence-electron chi connectivity index (χ4n) is 2.29. The van der Waals surface area contributed by atoms with Gasteiger partial charge in [0.2, 0.25) is 0 Å². The first-order chi connectivity index (χ1) is 13.5. The summed E-state index contributed by atoms with van der Waals surface area (Å²) < 4.78 is 11.5. The molecule has 2 aromatic carbocycles. The van der Waals surface area contributed by atoms with Gasteiger partial charge in [-0.3, -0.25) is 5.41 Å². The van der Waals surface area contributed by atoms with Crippen molar-refractivity contribution in [1.82, 2.24) is 10.6 Å². The summed E-state index contributed by atoms with van der Waals surface area (Å²) in [4.78, 5) is 12.5. The maximum absolute atomic E-state index is 12.5. The second-order valence-corrected chi connectivity index (χ2v) is 6.13. The molecule has 0 heterocycles. The molecule has 0 aromatic heterocycles. The third-order valence-corrected chi connectivity index (χ3v) is 3.70. The molecule has 0 aliphatic carbocycles. The molecule has 0 aliphatic rings. The normalized spacial score (nSPS) is 11.7. The van der Waals surface area contributed by atoms with Crippen LogP contribution in [-0.4, -0.2) is 36.6 Å². The Balaban J connectivity index is 2.19. The zero-order chi connectivity index (χ0) is 20.4. The lowest BCUT2D eigenvalue weighted by molar-refractivity contribution is -0.115. The van der Waals surface area contributed by atoms with Crippen LogP contribution in [0.4, 0.5) is 0 Å². The number of amides is 1. The van der Waals surface area contributed by atoms with Gasteiger partial charge in [-0.25, -0.2) is 10.1 Å². The lowest BCUT2D eigenvalue weighted by Gasteiger charge is -2.13. The summed E-state index contributed by atoms with van der Waals surface area (Å²) in [5.74, 6) is 0.775. The van der Waals surface area contributed by atoms with Crippen molar-refractivity contribution < 1.29 is 24.8 Å². The summed E-state index contributed by atoms with van der Waals surface area (Å²) in [5.41, 5.74) is 1.35. The predicted molar refractivity (Wildman–Crippen MR) is 108 cm³/mol. The molecule has 6 N–H and O–H groups in total. The van der Waals surface area contributed by atoms with Gasteiger partial charge < -0.3 is 19.9 Å². The minimum atomic E-state index is -0.383. The summed E-state index contributed by atoms with van der Waals surface area (Å²) in [6.45, 7) is 2.25. The van der Waals surface area contributed by atoms with Gasteiger partial charge in [0.05, 0.1) is 5.56 Å². The van der Waals surface area contributed by atoms with Crippen LogP contribution in [0, 0.1) is 0 Å². The molecule has 148 valence electrons. The average Bonchev–Trinajstić information content (AvgIpc) is 2.71. The van der Waals surface area contributed by atoms with Crippen molar-refractivity contribution in [3.63, 3.8) is 0 Å². The molecule has 0 unspecified atom stereocenters. The molecule has 7 heteroatoms. The number of amidine groups is 1. The van der Waals surface area contributed by atoms with Gasteiger partial charge in [-0.05, 0) is 24.6 Å². The van der Waals surface area contributed by atoms with Crippen LogP contribution in [0.15, 0.2) is 60.8 Å². The first-order valence-electron chi connectivity index (χ1n) is 8.92. The van der Waals surface area contributed by atoms with Crippen molar-refractivity contribution in [2.45, 2.75) is 19.6 Å². The molecule has 28 heavy (non-hydrogen) atoms. The molecule has 2 aromatic rings. The average molecular weight is 385 g/mol. The molecule has 2 rings (SSSR count). The Hall–Kier alpha value is -3.32. The van der Waals surface area contributed by atoms with Crippen molar-refractivity contribution >= 4 is 11.7 Å². The van der Waals surface area contributed by atoms with E-state index in [1.54, 1.807) is 44.4 Å². The van der Waals surface area contributed by atoms with E-state index in [4.69, 9.17) is 20.0 Å². The number of ether oxygens (including phenoxy) is 2. The maximum atomic E-state index is 12.5. The number of benzene rings is 2. The van der Waals surface area contributed by atoms with Crippen LogP contribution in [-0.2, 0) is 6.61 Å². The Labute approximate surface area is 164 Å². The molecule has 1 amide bonds. The number of carbonyl (C=O) groups excluding carboxylic acids is 1. The van der Waals surface area contributed by atoms with E-state index in [9.17, 15) is 4.79 Å². The van der Waals surface area contributed by atoms with Gasteiger partial charge in [-0.1, -0.05) is 30.3 Å². The first-order valence-corrected chi connectivity index (χ1v) is 8.92. The van der Waals surface area contributed by atoms with Gasteiger partial charge in [0, 0.05) is 25.4 Å². The summed E-state index contributed by atoms with van der Waals surface area (Å²) >= 11 is 0. The van der Waals surface area contributed by atoms with Gasteiger partial charge in [0.25, 0.3) is 5.84 Å². The second kappa shape index (κ2) is 10.7. The van der Waals surface area contributed by atoms with Gasteiger partial charge in [-0.15, -0.1) is 0 Å². The number of hydrogen-bond acceptors (Lipinski definition) is 4. The van der Waals surface area contributed by atoms with Crippen molar-refractivity contribution in [3.05, 3.63) is 71.9 Å². The summed E-state index contributed by atoms with van der Waals surface area (Å²) in [6, 6.07) is 14.7. The monoisotopic (exact) mass is 385 g/mol. The lowest BCUT2D eigenvalue weighted by atomic mass is 10.1. The zero-order valence-electron chi connectivity index (χ0n) is 16.1. The molecule has 0 spiro atoms. The van der Waals surface area contributed by atoms with Gasteiger partial charge in [0.1, 0.15) is 18.1 Å². The minimum Gasteiger partial charge on any atom is -0.489 e. The molecule has 0 bridgehead atoms. The Morgan fingerprint density at radius 2 is 1.93 bits per heavy atom. The molecular weight excluding hydrogens is 358 g/mol. The SMILES string of the molecule is CN/C=C\C(=[NH2+])NC(=O)c1cc(OCc2ccccc2)cc(O[C@@H](C)C[OH2+])c1. The Morgan fingerprint density at radius 3 is 2.61 bits per heavy atom. The number of nitrogens with one attached hydrogen (secondary N) is 2. The Kier molecular flexibility index (Phi) is 8.05. The highest BCUT2D eigenvalue weighted by Gasteiger charge is 2.17. The Morgan fingerprint density at radius 1 is 1.21 bits per heavy atom. The van der Waals surface area contributed by atoms with E-state index in [-0.39, 0.29) is 24.5 Å². The highest BCUT2D eigenvalue weighted by molar-refractivity contribution is 6.08. The fraction of sp³-hybridized carbons (Fsp3) is 0.238. The number of rotatable bonds is 9. The summed E-state index contributed by atoms with van der Waals surface area (Å²) in [5, 5.41) is 18.6. The minimum absolute atomic E-state index is 0.103. The van der Waals surface area contributed by atoms with Gasteiger partial charge in [-0.2, -0.15) is 0 Å². The van der Waals surface area contributed by atoms with E-state index in [1.165, 1.54) is 0 Å². The smallest absolute Gasteiger partial charge is 0.339 e. The fourth-order valence-corrected chi connectivity index (χ4v) is 2.29. The van der Waals surface area contributed by atoms with Crippen LogP contribution in [0.3, 0.4) is 0 Å². The number of nitrogens with two attached hydrogens (primary N) is 1. The predicted octanol–water partition coefficient (Wildman–Crippen LogP) is 0.378. The molecule has 0 radical (unpaired) electrons. The zero-order valence-corrected chi connectivity index (χ0v) is 16.1. The van der Waals surface area contributed by atoms with Crippen molar-refractivity contribution in [3.8, 4) is 11.5 Å². The largest absolute Gasteiger partial charge is 0.489 e. The molecule has 0 aliphatic heterocycles. The topological polar surface area (TPSA) is 108 Å². The van der Waals surface area contributed by atoms with Crippen LogP contribution in [0.2, 0.25) is 0 Å². The molecular formula is C21H27N3O4+2. The Bertz CT molecular complexity index is 822. The van der Waals surface area contributed by atoms with Crippen molar-refractivity contribution in [2.75, 3.05) is 13.7 Å². The van der Waals surface area contributed by atoms with Crippen LogP contribution in [0.25, 0.3) is 0 Å². The quantitative estimate of drug-likeness (QED) is 0.329. The third kappa shape index (κ3) is 6.77. The number of carbonyl (C=O) groups is 1. The van der Waals surface area contributed by atoms with Crippen LogP contribution < -0.4 is 25.5 Å². The summed E-state index contributed by atoms with van der Waals surface area (Å²) in [7, 11) is 1.73. The van der Waals surface area contributed by atoms with E-state index in [0.29, 0.717) is 23.7 Å². The van der Waals surface area contributed by atoms with Gasteiger partial charge >= 0.3 is 5.91 Å². The van der Waals surface area contributed by atoms with E-state index < -0.39 is 0 Å². The van der Waals surface area contributed by atoms with E-state index in [1.807, 2.05) is 30.3 Å². The van der Waals surface area contributed by atoms with E-state index >= 15 is 0 Å². The lowest BCUT2D eigenvalue weighted by Crippen LogP contribution is -2.49. The standard InChI is InChI=1S/C21H25N3O4/c1-15(13-25)28-19-11-17(21(26)24-20(22)8-9-23-2)10-18(12-19)27-14-16-6-4-3-5-7-16/h3-12,15,23,25H,13-14H2,1-2H3,(H2,22,24,26)/p+2/b9-8-/t15-/m0/s1. The molecule has 0 fully saturated rings. The third-order valence-electron chi connectivity index (χ3n) is 3.70. The molecule has 0 saturated carbocycles. The second-order valence-electron chi connectivity index (χ2n) is 6.13. The van der Waals surface area contributed by atoms with Crippen molar-refractivity contribution in [1.29, 1.82) is 0 Å². The van der Waals surface area contributed by atoms with E-state index in [2.05, 4.69) is 10.6 Å². The number of hydrogen-bond donors (Lipinski definition) is 3. The van der Waals surface area contributed by atoms with Gasteiger partial charge in [0.15, 0.2) is 12.7 Å². The van der Waals surface area contributed by atoms with Crippen LogP contribution >= 0.6 is 0 Å². The molecule has 0 saturated heterocycles. The first kappa shape index (κ1) is 21.0. The van der Waals surface area contributed by atoms with Crippen LogP contribution in [0.1, 0.15) is 22.8 Å². The maximum Gasteiger partial charge on any atom is 0.339 e. The van der Waals surface area contributed by atoms with Crippen LogP contribution in [0.5, 0.6) is 11.5 Å². The molecule has 1 atom stereocenters. The highest BCUT2D eigenvalue weighted by atomic mass is 16.5. The highest BCUT2D eigenvalue weighted by Crippen LogP contribution is 2.25.